The van der Waals surface area contributed by atoms with E-state index >= 15 is 0 Å². The van der Waals surface area contributed by atoms with E-state index in [2.05, 4.69) is 20.8 Å². The molecule has 3 nitrogen and oxygen atoms in total. The van der Waals surface area contributed by atoms with Gasteiger partial charge in [0.25, 0.3) is 0 Å². The minimum Gasteiger partial charge on any atom is -0.390 e. The highest BCUT2D eigenvalue weighted by molar-refractivity contribution is 5.11. The molecular weight excluding hydrogens is 228 g/mol. The fourth-order valence-electron chi connectivity index (χ4n) is 4.28. The normalized spacial score (nSPS) is 53.3. The van der Waals surface area contributed by atoms with E-state index < -0.39 is 17.3 Å². The maximum Gasteiger partial charge on any atom is 0.0878 e. The maximum atomic E-state index is 11.2. The molecule has 0 aromatic carbocycles. The van der Waals surface area contributed by atoms with Gasteiger partial charge in [-0.25, -0.2) is 0 Å². The Labute approximate surface area is 110 Å². The van der Waals surface area contributed by atoms with Gasteiger partial charge in [0.15, 0.2) is 0 Å². The van der Waals surface area contributed by atoms with Crippen LogP contribution >= 0.6 is 0 Å². The third kappa shape index (κ3) is 1.91. The third-order valence-electron chi connectivity index (χ3n) is 5.84. The Bertz CT molecular complexity index is 326. The molecule has 18 heavy (non-hydrogen) atoms. The van der Waals surface area contributed by atoms with Crippen molar-refractivity contribution in [1.82, 2.24) is 0 Å². The van der Waals surface area contributed by atoms with E-state index in [1.165, 1.54) is 0 Å². The van der Waals surface area contributed by atoms with E-state index in [0.29, 0.717) is 25.2 Å². The first-order valence-corrected chi connectivity index (χ1v) is 7.25. The van der Waals surface area contributed by atoms with Crippen LogP contribution in [0, 0.1) is 17.3 Å². The molecule has 106 valence electrons. The summed E-state index contributed by atoms with van der Waals surface area (Å²) in [5.74, 6) is 0.723. The Morgan fingerprint density at radius 3 is 2.22 bits per heavy atom. The van der Waals surface area contributed by atoms with Crippen LogP contribution in [0.3, 0.4) is 0 Å². The Balaban J connectivity index is 2.35. The minimum atomic E-state index is -1.06. The maximum absolute atomic E-state index is 11.2. The quantitative estimate of drug-likeness (QED) is 0.673. The Morgan fingerprint density at radius 2 is 1.67 bits per heavy atom. The predicted octanol–water partition coefficient (Wildman–Crippen LogP) is 2.09. The van der Waals surface area contributed by atoms with Crippen molar-refractivity contribution in [2.24, 2.45) is 17.3 Å². The average Bonchev–Trinajstić information content (AvgIpc) is 2.46. The predicted molar refractivity (Wildman–Crippen MR) is 71.1 cm³/mol. The highest BCUT2D eigenvalue weighted by atomic mass is 16.3. The highest BCUT2D eigenvalue weighted by Gasteiger charge is 2.60. The van der Waals surface area contributed by atoms with Crippen molar-refractivity contribution in [2.75, 3.05) is 0 Å². The number of aliphatic hydroxyl groups is 3. The molecule has 0 heterocycles. The fraction of sp³-hybridized carbons (Fsp3) is 1.00. The number of hydrogen-bond donors (Lipinski definition) is 3. The summed E-state index contributed by atoms with van der Waals surface area (Å²) in [4.78, 5) is 0. The summed E-state index contributed by atoms with van der Waals surface area (Å²) in [6.07, 6.45) is 2.81. The Kier molecular flexibility index (Phi) is 3.33. The molecule has 0 aromatic heterocycles. The summed E-state index contributed by atoms with van der Waals surface area (Å²) in [7, 11) is 0. The van der Waals surface area contributed by atoms with Crippen LogP contribution in [-0.2, 0) is 0 Å². The van der Waals surface area contributed by atoms with Gasteiger partial charge in [-0.1, -0.05) is 20.8 Å². The smallest absolute Gasteiger partial charge is 0.0878 e. The lowest BCUT2D eigenvalue weighted by Crippen LogP contribution is -2.48. The molecule has 5 unspecified atom stereocenters. The first kappa shape index (κ1) is 14.3. The van der Waals surface area contributed by atoms with Crippen LogP contribution in [0.1, 0.15) is 59.8 Å². The lowest BCUT2D eigenvalue weighted by molar-refractivity contribution is -0.107. The Morgan fingerprint density at radius 1 is 1.06 bits per heavy atom. The van der Waals surface area contributed by atoms with Crippen LogP contribution in [0.4, 0.5) is 0 Å². The SMILES string of the molecule is CC(C)C1CCC2(C)CC(O)C(C)(O)CCC12O. The zero-order chi connectivity index (χ0) is 13.8. The van der Waals surface area contributed by atoms with Crippen LogP contribution in [0.25, 0.3) is 0 Å². The number of hydrogen-bond acceptors (Lipinski definition) is 3. The average molecular weight is 256 g/mol. The molecule has 2 rings (SSSR count). The van der Waals surface area contributed by atoms with Gasteiger partial charge in [-0.3, -0.25) is 0 Å². The molecule has 2 fully saturated rings. The summed E-state index contributed by atoms with van der Waals surface area (Å²) in [6, 6.07) is 0. The molecule has 2 aliphatic rings. The van der Waals surface area contributed by atoms with Crippen LogP contribution in [0.5, 0.6) is 0 Å². The van der Waals surface area contributed by atoms with Crippen LogP contribution in [-0.4, -0.2) is 32.6 Å². The van der Waals surface area contributed by atoms with Crippen molar-refractivity contribution in [3.8, 4) is 0 Å². The standard InChI is InChI=1S/C15H28O3/c1-10(2)11-5-6-13(3)9-12(16)14(4,17)7-8-15(11,13)18/h10-12,16-18H,5-9H2,1-4H3. The first-order valence-electron chi connectivity index (χ1n) is 7.25. The molecule has 0 bridgehead atoms. The summed E-state index contributed by atoms with van der Waals surface area (Å²) < 4.78 is 0. The number of fused-ring (bicyclic) bond motifs is 1. The first-order chi connectivity index (χ1) is 8.12. The van der Waals surface area contributed by atoms with Gasteiger partial charge in [-0.05, 0) is 56.3 Å². The summed E-state index contributed by atoms with van der Waals surface area (Å²) >= 11 is 0. The van der Waals surface area contributed by atoms with Crippen LogP contribution in [0.2, 0.25) is 0 Å². The summed E-state index contributed by atoms with van der Waals surface area (Å²) in [5, 5.41) is 31.7. The third-order valence-corrected chi connectivity index (χ3v) is 5.84. The molecule has 3 N–H and O–H groups in total. The molecule has 0 spiro atoms. The number of aliphatic hydroxyl groups excluding tert-OH is 1. The van der Waals surface area contributed by atoms with Gasteiger partial charge in [0.1, 0.15) is 0 Å². The van der Waals surface area contributed by atoms with E-state index in [-0.39, 0.29) is 11.3 Å². The van der Waals surface area contributed by atoms with Gasteiger partial charge in [0.2, 0.25) is 0 Å². The van der Waals surface area contributed by atoms with Gasteiger partial charge in [-0.15, -0.1) is 0 Å². The van der Waals surface area contributed by atoms with E-state index in [1.54, 1.807) is 6.92 Å². The lowest BCUT2D eigenvalue weighted by Gasteiger charge is -2.43. The van der Waals surface area contributed by atoms with Crippen molar-refractivity contribution in [1.29, 1.82) is 0 Å². The van der Waals surface area contributed by atoms with E-state index in [1.807, 2.05) is 0 Å². The summed E-state index contributed by atoms with van der Waals surface area (Å²) in [6.45, 7) is 8.09. The second-order valence-electron chi connectivity index (χ2n) is 7.45. The molecule has 3 heteroatoms. The molecule has 0 aromatic rings. The molecule has 0 amide bonds. The van der Waals surface area contributed by atoms with Crippen LogP contribution < -0.4 is 0 Å². The minimum absolute atomic E-state index is 0.262. The van der Waals surface area contributed by atoms with E-state index in [4.69, 9.17) is 0 Å². The second-order valence-corrected chi connectivity index (χ2v) is 7.45. The molecule has 5 atom stereocenters. The molecule has 0 saturated heterocycles. The van der Waals surface area contributed by atoms with Crippen molar-refractivity contribution >= 4 is 0 Å². The van der Waals surface area contributed by atoms with E-state index in [0.717, 1.165) is 12.8 Å². The van der Waals surface area contributed by atoms with Gasteiger partial charge in [0, 0.05) is 0 Å². The topological polar surface area (TPSA) is 60.7 Å². The molecular formula is C15H28O3. The van der Waals surface area contributed by atoms with E-state index in [9.17, 15) is 15.3 Å². The second kappa shape index (κ2) is 4.19. The summed E-state index contributed by atoms with van der Waals surface area (Å²) in [5.41, 5.74) is -2.06. The zero-order valence-corrected chi connectivity index (χ0v) is 12.1. The monoisotopic (exact) mass is 256 g/mol. The van der Waals surface area contributed by atoms with Crippen LogP contribution in [0.15, 0.2) is 0 Å². The van der Waals surface area contributed by atoms with Gasteiger partial charge in [-0.2, -0.15) is 0 Å². The molecule has 0 radical (unpaired) electrons. The fourth-order valence-corrected chi connectivity index (χ4v) is 4.28. The van der Waals surface area contributed by atoms with Crippen molar-refractivity contribution in [3.63, 3.8) is 0 Å². The molecule has 2 aliphatic carbocycles. The molecule has 2 saturated carbocycles. The zero-order valence-electron chi connectivity index (χ0n) is 12.1. The van der Waals surface area contributed by atoms with Crippen molar-refractivity contribution in [3.05, 3.63) is 0 Å². The number of rotatable bonds is 1. The van der Waals surface area contributed by atoms with Crippen molar-refractivity contribution in [2.45, 2.75) is 77.1 Å². The largest absolute Gasteiger partial charge is 0.390 e. The van der Waals surface area contributed by atoms with Gasteiger partial charge >= 0.3 is 0 Å². The Hall–Kier alpha value is -0.120. The van der Waals surface area contributed by atoms with Gasteiger partial charge < -0.3 is 15.3 Å². The van der Waals surface area contributed by atoms with Crippen molar-refractivity contribution < 1.29 is 15.3 Å². The lowest BCUT2D eigenvalue weighted by atomic mass is 9.67. The molecule has 0 aliphatic heterocycles. The van der Waals surface area contributed by atoms with Gasteiger partial charge in [0.05, 0.1) is 17.3 Å². The highest BCUT2D eigenvalue weighted by Crippen LogP contribution is 2.59.